The molecule has 228 valence electrons. The van der Waals surface area contributed by atoms with Gasteiger partial charge in [-0.1, -0.05) is 0 Å². The Kier molecular flexibility index (Phi) is 9.70. The second-order valence-corrected chi connectivity index (χ2v) is 10.1. The molecule has 8 atom stereocenters. The van der Waals surface area contributed by atoms with Crippen molar-refractivity contribution in [2.24, 2.45) is 11.8 Å². The van der Waals surface area contributed by atoms with E-state index in [9.17, 15) is 35.7 Å². The Morgan fingerprint density at radius 3 is 1.93 bits per heavy atom. The van der Waals surface area contributed by atoms with Gasteiger partial charge in [-0.2, -0.15) is 0 Å². The van der Waals surface area contributed by atoms with Gasteiger partial charge in [-0.25, -0.2) is 0 Å². The lowest BCUT2D eigenvalue weighted by molar-refractivity contribution is -0.304. The summed E-state index contributed by atoms with van der Waals surface area (Å²) in [6.45, 7) is -1.02. The summed E-state index contributed by atoms with van der Waals surface area (Å²) in [7, 11) is 5.60. The van der Waals surface area contributed by atoms with Crippen molar-refractivity contribution < 1.29 is 64.2 Å². The quantitative estimate of drug-likeness (QED) is 0.196. The highest BCUT2D eigenvalue weighted by molar-refractivity contribution is 5.64. The number of rotatable bonds is 10. The largest absolute Gasteiger partial charge is 0.502 e. The summed E-state index contributed by atoms with van der Waals surface area (Å²) in [4.78, 5) is 0. The normalized spacial score (nSPS) is 29.5. The van der Waals surface area contributed by atoms with Crippen LogP contribution in [0.2, 0.25) is 0 Å². The Morgan fingerprint density at radius 2 is 1.39 bits per heavy atom. The van der Waals surface area contributed by atoms with E-state index in [1.165, 1.54) is 28.4 Å². The highest BCUT2D eigenvalue weighted by atomic mass is 16.7. The highest BCUT2D eigenvalue weighted by Gasteiger charge is 2.46. The van der Waals surface area contributed by atoms with Crippen molar-refractivity contribution >= 4 is 0 Å². The Bertz CT molecular complexity index is 1180. The summed E-state index contributed by atoms with van der Waals surface area (Å²) in [5, 5.41) is 72.6. The maximum absolute atomic E-state index is 11.0. The van der Waals surface area contributed by atoms with E-state index in [-0.39, 0.29) is 47.7 Å². The van der Waals surface area contributed by atoms with Gasteiger partial charge < -0.3 is 64.2 Å². The molecule has 2 aromatic carbocycles. The second kappa shape index (κ2) is 12.9. The van der Waals surface area contributed by atoms with Gasteiger partial charge in [-0.3, -0.25) is 0 Å². The molecule has 2 aromatic rings. The first-order chi connectivity index (χ1) is 19.6. The van der Waals surface area contributed by atoms with Crippen molar-refractivity contribution in [3.63, 3.8) is 0 Å². The van der Waals surface area contributed by atoms with Gasteiger partial charge in [0.1, 0.15) is 24.4 Å². The molecule has 1 unspecified atom stereocenters. The van der Waals surface area contributed by atoms with E-state index in [1.807, 2.05) is 0 Å². The molecule has 0 radical (unpaired) electrons. The first-order valence-corrected chi connectivity index (χ1v) is 13.1. The van der Waals surface area contributed by atoms with Crippen molar-refractivity contribution in [2.45, 2.75) is 43.0 Å². The van der Waals surface area contributed by atoms with Gasteiger partial charge in [0.25, 0.3) is 0 Å². The van der Waals surface area contributed by atoms with Crippen molar-refractivity contribution in [2.75, 3.05) is 48.3 Å². The molecule has 1 fully saturated rings. The van der Waals surface area contributed by atoms with Crippen molar-refractivity contribution in [3.05, 3.63) is 34.9 Å². The molecule has 1 aliphatic heterocycles. The minimum atomic E-state index is -1.63. The number of fused-ring (bicyclic) bond motifs is 1. The van der Waals surface area contributed by atoms with Crippen LogP contribution in [-0.2, 0) is 15.9 Å². The molecule has 2 aliphatic rings. The van der Waals surface area contributed by atoms with Crippen LogP contribution in [0.4, 0.5) is 0 Å². The smallest absolute Gasteiger partial charge is 0.201 e. The zero-order valence-corrected chi connectivity index (χ0v) is 23.3. The maximum atomic E-state index is 11.0. The molecule has 1 heterocycles. The lowest BCUT2D eigenvalue weighted by Crippen LogP contribution is -2.59. The Labute approximate surface area is 237 Å². The monoisotopic (exact) mass is 582 g/mol. The van der Waals surface area contributed by atoms with Crippen LogP contribution in [0.5, 0.6) is 34.5 Å². The first-order valence-electron chi connectivity index (χ1n) is 13.1. The molecule has 4 rings (SSSR count). The van der Waals surface area contributed by atoms with Gasteiger partial charge in [-0.15, -0.1) is 0 Å². The summed E-state index contributed by atoms with van der Waals surface area (Å²) in [5.41, 5.74) is 1.88. The Morgan fingerprint density at radius 1 is 0.780 bits per heavy atom. The van der Waals surface area contributed by atoms with E-state index in [2.05, 4.69) is 0 Å². The van der Waals surface area contributed by atoms with Crippen LogP contribution in [0.15, 0.2) is 18.2 Å². The van der Waals surface area contributed by atoms with Gasteiger partial charge in [0, 0.05) is 18.1 Å². The van der Waals surface area contributed by atoms with Crippen molar-refractivity contribution in [1.82, 2.24) is 0 Å². The summed E-state index contributed by atoms with van der Waals surface area (Å²) < 4.78 is 33.3. The van der Waals surface area contributed by atoms with Crippen LogP contribution in [0.1, 0.15) is 22.6 Å². The molecule has 7 N–H and O–H groups in total. The third-order valence-corrected chi connectivity index (χ3v) is 7.99. The van der Waals surface area contributed by atoms with E-state index >= 15 is 0 Å². The summed E-state index contributed by atoms with van der Waals surface area (Å²) >= 11 is 0. The molecule has 0 saturated carbocycles. The number of hydrogen-bond acceptors (Lipinski definition) is 13. The van der Waals surface area contributed by atoms with Gasteiger partial charge in [0.05, 0.1) is 41.7 Å². The number of phenols is 2. The molecule has 0 spiro atoms. The lowest BCUT2D eigenvalue weighted by Gasteiger charge is -2.43. The molecule has 0 aromatic heterocycles. The van der Waals surface area contributed by atoms with Crippen LogP contribution in [-0.4, -0.2) is 115 Å². The Balaban J connectivity index is 1.85. The van der Waals surface area contributed by atoms with Gasteiger partial charge in [0.15, 0.2) is 29.3 Å². The molecule has 13 nitrogen and oxygen atoms in total. The van der Waals surface area contributed by atoms with Crippen LogP contribution in [0, 0.1) is 11.8 Å². The summed E-state index contributed by atoms with van der Waals surface area (Å²) in [5.74, 6) is -1.51. The fourth-order valence-corrected chi connectivity index (χ4v) is 5.83. The fraction of sp³-hybridized carbons (Fsp3) is 0.571. The van der Waals surface area contributed by atoms with Crippen LogP contribution in [0.3, 0.4) is 0 Å². The van der Waals surface area contributed by atoms with E-state index in [1.54, 1.807) is 18.2 Å². The molecular weight excluding hydrogens is 544 g/mol. The molecule has 0 bridgehead atoms. The summed E-state index contributed by atoms with van der Waals surface area (Å²) in [6, 6.07) is 4.88. The molecule has 0 amide bonds. The number of hydrogen-bond donors (Lipinski definition) is 7. The fourth-order valence-electron chi connectivity index (χ4n) is 5.83. The average molecular weight is 583 g/mol. The highest BCUT2D eigenvalue weighted by Crippen LogP contribution is 2.54. The molecule has 1 aliphatic carbocycles. The Hall–Kier alpha value is -3.04. The summed E-state index contributed by atoms with van der Waals surface area (Å²) in [6.07, 6.45) is -7.02. The SMILES string of the molecule is COc1cc([C@@H]2c3c(cc(OC)c(O)c3OC)C[C@@H](CO)[C@@H]2COC2O[C@H](CO)[C@@H](O)[C@H](O)[C@H]2O)cc(OC)c1O. The van der Waals surface area contributed by atoms with Crippen molar-refractivity contribution in [1.29, 1.82) is 0 Å². The number of ether oxygens (including phenoxy) is 6. The lowest BCUT2D eigenvalue weighted by atomic mass is 9.66. The van der Waals surface area contributed by atoms with E-state index < -0.39 is 55.1 Å². The molecule has 13 heteroatoms. The maximum Gasteiger partial charge on any atom is 0.201 e. The zero-order valence-electron chi connectivity index (χ0n) is 23.3. The minimum absolute atomic E-state index is 0.123. The zero-order chi connectivity index (χ0) is 30.0. The van der Waals surface area contributed by atoms with E-state index in [4.69, 9.17) is 28.4 Å². The predicted molar refractivity (Wildman–Crippen MR) is 142 cm³/mol. The van der Waals surface area contributed by atoms with Crippen LogP contribution < -0.4 is 18.9 Å². The standard InChI is InChI=1S/C28H38O13/c1-36-16-7-13(8-17(37-2)22(16)31)20-15(11-40-28-26(35)25(34)23(32)19(10-30)41-28)14(9-29)5-12-6-18(38-3)24(33)27(39-4)21(12)20/h6-8,14-15,19-20,23,25-26,28-35H,5,9-11H2,1-4H3/t14-,15-,19+,20-,23+,25-,26+,28?/m0/s1. The number of aliphatic hydroxyl groups excluding tert-OH is 5. The third kappa shape index (κ3) is 5.58. The average Bonchev–Trinajstić information content (AvgIpc) is 2.98. The number of phenolic OH excluding ortho intramolecular Hbond substituents is 2. The van der Waals surface area contributed by atoms with Gasteiger partial charge in [-0.05, 0) is 47.6 Å². The van der Waals surface area contributed by atoms with E-state index in [0.29, 0.717) is 17.5 Å². The van der Waals surface area contributed by atoms with Crippen LogP contribution in [0.25, 0.3) is 0 Å². The third-order valence-electron chi connectivity index (χ3n) is 7.99. The molecular formula is C28H38O13. The van der Waals surface area contributed by atoms with Crippen LogP contribution >= 0.6 is 0 Å². The molecule has 41 heavy (non-hydrogen) atoms. The first kappa shape index (κ1) is 30.9. The van der Waals surface area contributed by atoms with Gasteiger partial charge in [0.2, 0.25) is 11.5 Å². The number of aliphatic hydroxyl groups is 5. The second-order valence-electron chi connectivity index (χ2n) is 10.1. The van der Waals surface area contributed by atoms with E-state index in [0.717, 1.165) is 5.56 Å². The van der Waals surface area contributed by atoms with Gasteiger partial charge >= 0.3 is 0 Å². The topological polar surface area (TPSA) is 197 Å². The minimum Gasteiger partial charge on any atom is -0.502 e. The predicted octanol–water partition coefficient (Wildman–Crippen LogP) is -0.139. The number of benzene rings is 2. The number of methoxy groups -OCH3 is 4. The molecule has 1 saturated heterocycles. The van der Waals surface area contributed by atoms with Crippen molar-refractivity contribution in [3.8, 4) is 34.5 Å². The number of aromatic hydroxyl groups is 2.